The van der Waals surface area contributed by atoms with E-state index in [9.17, 15) is 14.4 Å². The summed E-state index contributed by atoms with van der Waals surface area (Å²) in [5, 5.41) is 2.78. The number of carbonyl (C=O) groups excluding carboxylic acids is 1. The minimum Gasteiger partial charge on any atom is -0.493 e. The Hall–Kier alpha value is -3.03. The summed E-state index contributed by atoms with van der Waals surface area (Å²) in [7, 11) is 4.43. The van der Waals surface area contributed by atoms with E-state index < -0.39 is 17.2 Å². The van der Waals surface area contributed by atoms with Crippen LogP contribution >= 0.6 is 0 Å². The lowest BCUT2D eigenvalue weighted by atomic mass is 9.96. The molecule has 1 aliphatic rings. The van der Waals surface area contributed by atoms with Crippen LogP contribution in [0.4, 0.5) is 0 Å². The monoisotopic (exact) mass is 359 g/mol. The molecule has 1 amide bonds. The van der Waals surface area contributed by atoms with Crippen LogP contribution in [0.3, 0.4) is 0 Å². The molecule has 1 aliphatic heterocycles. The molecule has 0 bridgehead atoms. The van der Waals surface area contributed by atoms with Crippen molar-refractivity contribution in [3.8, 4) is 11.5 Å². The van der Waals surface area contributed by atoms with E-state index in [0.29, 0.717) is 18.9 Å². The Labute approximate surface area is 150 Å². The molecule has 0 saturated heterocycles. The largest absolute Gasteiger partial charge is 0.493 e. The summed E-state index contributed by atoms with van der Waals surface area (Å²) in [6.45, 7) is 0.821. The van der Waals surface area contributed by atoms with Crippen molar-refractivity contribution in [3.63, 3.8) is 0 Å². The van der Waals surface area contributed by atoms with Gasteiger partial charge in [0.15, 0.2) is 11.5 Å². The zero-order chi connectivity index (χ0) is 18.8. The summed E-state index contributed by atoms with van der Waals surface area (Å²) in [4.78, 5) is 36.1. The van der Waals surface area contributed by atoms with E-state index in [4.69, 9.17) is 9.47 Å². The summed E-state index contributed by atoms with van der Waals surface area (Å²) in [6, 6.07) is 6.87. The van der Waals surface area contributed by atoms with E-state index in [0.717, 1.165) is 32.9 Å². The number of para-hydroxylation sites is 1. The molecule has 1 N–H and O–H groups in total. The highest BCUT2D eigenvalue weighted by Gasteiger charge is 2.23. The Bertz CT molecular complexity index is 960. The first-order chi connectivity index (χ1) is 12.4. The zero-order valence-corrected chi connectivity index (χ0v) is 14.9. The summed E-state index contributed by atoms with van der Waals surface area (Å²) in [5.74, 6) is 1.06. The van der Waals surface area contributed by atoms with Crippen LogP contribution in [-0.4, -0.2) is 35.3 Å². The van der Waals surface area contributed by atoms with Crippen LogP contribution in [0, 0.1) is 5.92 Å². The van der Waals surface area contributed by atoms with Crippen LogP contribution < -0.4 is 26.0 Å². The number of nitrogens with one attached hydrogen (secondary N) is 1. The summed E-state index contributed by atoms with van der Waals surface area (Å²) < 4.78 is 13.2. The van der Waals surface area contributed by atoms with Gasteiger partial charge in [-0.25, -0.2) is 4.79 Å². The summed E-state index contributed by atoms with van der Waals surface area (Å²) >= 11 is 0. The highest BCUT2D eigenvalue weighted by molar-refractivity contribution is 5.92. The number of ether oxygens (including phenoxy) is 2. The van der Waals surface area contributed by atoms with Crippen molar-refractivity contribution in [2.45, 2.75) is 6.42 Å². The Morgan fingerprint density at radius 3 is 2.81 bits per heavy atom. The first-order valence-corrected chi connectivity index (χ1v) is 8.26. The maximum Gasteiger partial charge on any atom is 0.331 e. The molecule has 0 unspecified atom stereocenters. The van der Waals surface area contributed by atoms with Crippen LogP contribution in [-0.2, 0) is 20.5 Å². The fourth-order valence-corrected chi connectivity index (χ4v) is 3.03. The predicted octanol–water partition coefficient (Wildman–Crippen LogP) is 0.0737. The maximum absolute atomic E-state index is 12.4. The van der Waals surface area contributed by atoms with Crippen molar-refractivity contribution in [2.24, 2.45) is 20.0 Å². The molecule has 1 aromatic heterocycles. The molecule has 1 atom stereocenters. The molecule has 0 saturated carbocycles. The Balaban J connectivity index is 1.70. The lowest BCUT2D eigenvalue weighted by molar-refractivity contribution is 0.0928. The van der Waals surface area contributed by atoms with Crippen LogP contribution in [0.1, 0.15) is 16.1 Å². The first-order valence-electron chi connectivity index (χ1n) is 8.26. The second-order valence-corrected chi connectivity index (χ2v) is 6.31. The van der Waals surface area contributed by atoms with Crippen molar-refractivity contribution in [2.75, 3.05) is 20.3 Å². The van der Waals surface area contributed by atoms with Gasteiger partial charge < -0.3 is 14.8 Å². The van der Waals surface area contributed by atoms with Crippen LogP contribution in [0.2, 0.25) is 0 Å². The van der Waals surface area contributed by atoms with E-state index in [2.05, 4.69) is 5.32 Å². The van der Waals surface area contributed by atoms with Gasteiger partial charge in [-0.15, -0.1) is 0 Å². The van der Waals surface area contributed by atoms with Gasteiger partial charge in [-0.05, 0) is 18.1 Å². The molecule has 0 aliphatic carbocycles. The lowest BCUT2D eigenvalue weighted by Crippen LogP contribution is -2.42. The smallest absolute Gasteiger partial charge is 0.331 e. The second kappa shape index (κ2) is 7.07. The molecular formula is C18H21N3O5. The number of amides is 1. The van der Waals surface area contributed by atoms with Crippen LogP contribution in [0.5, 0.6) is 11.5 Å². The highest BCUT2D eigenvalue weighted by Crippen LogP contribution is 2.35. The van der Waals surface area contributed by atoms with Gasteiger partial charge in [0.2, 0.25) is 0 Å². The number of benzene rings is 1. The van der Waals surface area contributed by atoms with Gasteiger partial charge in [0.05, 0.1) is 13.7 Å². The highest BCUT2D eigenvalue weighted by atomic mass is 16.5. The topological polar surface area (TPSA) is 91.6 Å². The number of hydrogen-bond acceptors (Lipinski definition) is 5. The Morgan fingerprint density at radius 1 is 1.31 bits per heavy atom. The number of aromatic nitrogens is 2. The van der Waals surface area contributed by atoms with E-state index in [1.54, 1.807) is 7.11 Å². The molecule has 2 heterocycles. The SMILES string of the molecule is COc1cccc2c1OC[C@@H](CNC(=O)c1cc(=O)n(C)c(=O)n1C)C2. The number of fused-ring (bicyclic) bond motifs is 1. The molecule has 3 rings (SSSR count). The molecule has 8 nitrogen and oxygen atoms in total. The number of methoxy groups -OCH3 is 1. The van der Waals surface area contributed by atoms with Crippen molar-refractivity contribution in [1.29, 1.82) is 0 Å². The zero-order valence-electron chi connectivity index (χ0n) is 14.9. The van der Waals surface area contributed by atoms with Crippen LogP contribution in [0.25, 0.3) is 0 Å². The third-order valence-corrected chi connectivity index (χ3v) is 4.56. The maximum atomic E-state index is 12.4. The third-order valence-electron chi connectivity index (χ3n) is 4.56. The van der Waals surface area contributed by atoms with Crippen molar-refractivity contribution in [3.05, 3.63) is 56.4 Å². The predicted molar refractivity (Wildman–Crippen MR) is 94.9 cm³/mol. The Kier molecular flexibility index (Phi) is 4.83. The Morgan fingerprint density at radius 2 is 2.08 bits per heavy atom. The molecule has 26 heavy (non-hydrogen) atoms. The average Bonchev–Trinajstić information content (AvgIpc) is 2.66. The molecular weight excluding hydrogens is 338 g/mol. The van der Waals surface area contributed by atoms with Gasteiger partial charge >= 0.3 is 5.69 Å². The molecule has 0 radical (unpaired) electrons. The summed E-state index contributed by atoms with van der Waals surface area (Å²) in [6.07, 6.45) is 0.738. The third kappa shape index (κ3) is 3.22. The standard InChI is InChI=1S/C18H21N3O5/c1-20-13(8-15(22)21(2)18(20)24)17(23)19-9-11-7-12-5-4-6-14(25-3)16(12)26-10-11/h4-6,8,11H,7,9-10H2,1-3H3,(H,19,23)/t11-/m1/s1. The van der Waals surface area contributed by atoms with Crippen LogP contribution in [0.15, 0.2) is 33.9 Å². The van der Waals surface area contributed by atoms with Crippen molar-refractivity contribution < 1.29 is 14.3 Å². The average molecular weight is 359 g/mol. The fourth-order valence-electron chi connectivity index (χ4n) is 3.03. The lowest BCUT2D eigenvalue weighted by Gasteiger charge is -2.26. The molecule has 8 heteroatoms. The first kappa shape index (κ1) is 17.8. The number of nitrogens with zero attached hydrogens (tertiary/aromatic N) is 2. The number of rotatable bonds is 4. The van der Waals surface area contributed by atoms with Gasteiger partial charge in [0, 0.05) is 32.6 Å². The van der Waals surface area contributed by atoms with E-state index in [1.165, 1.54) is 14.1 Å². The van der Waals surface area contributed by atoms with E-state index >= 15 is 0 Å². The van der Waals surface area contributed by atoms with Gasteiger partial charge in [-0.2, -0.15) is 0 Å². The normalized spacial score (nSPS) is 15.7. The minimum atomic E-state index is -0.537. The van der Waals surface area contributed by atoms with E-state index in [1.807, 2.05) is 18.2 Å². The molecule has 2 aromatic rings. The number of carbonyl (C=O) groups is 1. The fraction of sp³-hybridized carbons (Fsp3) is 0.389. The molecule has 0 spiro atoms. The van der Waals surface area contributed by atoms with Crippen molar-refractivity contribution in [1.82, 2.24) is 14.5 Å². The summed E-state index contributed by atoms with van der Waals surface area (Å²) in [5.41, 5.74) is 0.0117. The van der Waals surface area contributed by atoms with Gasteiger partial charge in [0.1, 0.15) is 5.69 Å². The number of hydrogen-bond donors (Lipinski definition) is 1. The van der Waals surface area contributed by atoms with Gasteiger partial charge in [0.25, 0.3) is 11.5 Å². The molecule has 1 aromatic carbocycles. The molecule has 0 fully saturated rings. The van der Waals surface area contributed by atoms with Crippen molar-refractivity contribution >= 4 is 5.91 Å². The van der Waals surface area contributed by atoms with Gasteiger partial charge in [-0.3, -0.25) is 18.7 Å². The molecule has 138 valence electrons. The van der Waals surface area contributed by atoms with E-state index in [-0.39, 0.29) is 11.6 Å². The second-order valence-electron chi connectivity index (χ2n) is 6.31. The minimum absolute atomic E-state index is 0.0388. The van der Waals surface area contributed by atoms with Gasteiger partial charge in [-0.1, -0.05) is 12.1 Å². The quantitative estimate of drug-likeness (QED) is 0.834.